The van der Waals surface area contributed by atoms with Crippen molar-refractivity contribution in [3.05, 3.63) is 36.5 Å². The molecule has 0 unspecified atom stereocenters. The van der Waals surface area contributed by atoms with Crippen molar-refractivity contribution in [1.29, 1.82) is 0 Å². The fourth-order valence-corrected chi connectivity index (χ4v) is 1.33. The molecule has 2 N–H and O–H groups in total. The third-order valence-corrected chi connectivity index (χ3v) is 2.22. The highest BCUT2D eigenvalue weighted by atomic mass is 16.4. The summed E-state index contributed by atoms with van der Waals surface area (Å²) in [5, 5.41) is 16.7. The fraction of sp³-hybridized carbons (Fsp3) is 0.429. The zero-order chi connectivity index (χ0) is 13.6. The molecular formula is C14H20O4. The Balaban J connectivity index is 3.38. The van der Waals surface area contributed by atoms with Gasteiger partial charge in [-0.15, -0.1) is 0 Å². The Morgan fingerprint density at radius 3 is 2.17 bits per heavy atom. The summed E-state index contributed by atoms with van der Waals surface area (Å²) in [7, 11) is 0. The number of carbonyl (C=O) groups is 2. The molecule has 0 heterocycles. The lowest BCUT2D eigenvalue weighted by Gasteiger charge is -1.96. The molecule has 0 aromatic heterocycles. The van der Waals surface area contributed by atoms with Crippen LogP contribution in [0.5, 0.6) is 0 Å². The van der Waals surface area contributed by atoms with Gasteiger partial charge in [0.15, 0.2) is 0 Å². The largest absolute Gasteiger partial charge is 0.481 e. The first-order chi connectivity index (χ1) is 8.63. The van der Waals surface area contributed by atoms with Crippen LogP contribution in [0.25, 0.3) is 0 Å². The minimum absolute atomic E-state index is 0.258. The lowest BCUT2D eigenvalue weighted by Crippen LogP contribution is -1.93. The molecule has 0 spiro atoms. The Labute approximate surface area is 107 Å². The molecule has 4 nitrogen and oxygen atoms in total. The van der Waals surface area contributed by atoms with Crippen LogP contribution in [0.3, 0.4) is 0 Å². The van der Waals surface area contributed by atoms with Crippen molar-refractivity contribution in [3.63, 3.8) is 0 Å². The van der Waals surface area contributed by atoms with Gasteiger partial charge < -0.3 is 10.2 Å². The van der Waals surface area contributed by atoms with E-state index < -0.39 is 11.9 Å². The first-order valence-corrected chi connectivity index (χ1v) is 6.07. The van der Waals surface area contributed by atoms with Crippen LogP contribution >= 0.6 is 0 Å². The Morgan fingerprint density at radius 2 is 1.50 bits per heavy atom. The van der Waals surface area contributed by atoms with Crippen molar-refractivity contribution < 1.29 is 19.8 Å². The molecule has 0 fully saturated rings. The second kappa shape index (κ2) is 11.6. The van der Waals surface area contributed by atoms with Gasteiger partial charge in [-0.2, -0.15) is 0 Å². The molecule has 0 atom stereocenters. The van der Waals surface area contributed by atoms with Gasteiger partial charge in [0.1, 0.15) is 0 Å². The van der Waals surface area contributed by atoms with Crippen molar-refractivity contribution in [2.45, 2.75) is 38.5 Å². The van der Waals surface area contributed by atoms with Gasteiger partial charge in [-0.1, -0.05) is 43.2 Å². The maximum absolute atomic E-state index is 10.2. The number of unbranched alkanes of at least 4 members (excludes halogenated alkanes) is 4. The van der Waals surface area contributed by atoms with E-state index in [1.54, 1.807) is 12.2 Å². The van der Waals surface area contributed by atoms with E-state index in [0.29, 0.717) is 0 Å². The van der Waals surface area contributed by atoms with E-state index in [-0.39, 0.29) is 6.42 Å². The van der Waals surface area contributed by atoms with Crippen LogP contribution in [0, 0.1) is 0 Å². The molecular weight excluding hydrogens is 232 g/mol. The molecule has 0 radical (unpaired) electrons. The quantitative estimate of drug-likeness (QED) is 0.356. The standard InChI is InChI=1S/C14H20O4/c15-13(16)11-9-7-5-3-1-2-4-6-8-10-12-14(17)18/h1,3,5,7,9,11H,2,4,6,8,10,12H2,(H,15,16)(H,17,18)/b3-1+,7-5+,11-9+. The van der Waals surface area contributed by atoms with Gasteiger partial charge in [-0.3, -0.25) is 4.79 Å². The molecule has 18 heavy (non-hydrogen) atoms. The molecule has 0 saturated carbocycles. The fourth-order valence-electron chi connectivity index (χ4n) is 1.33. The van der Waals surface area contributed by atoms with E-state index in [0.717, 1.165) is 38.2 Å². The first-order valence-electron chi connectivity index (χ1n) is 6.07. The number of hydrogen-bond acceptors (Lipinski definition) is 2. The summed E-state index contributed by atoms with van der Waals surface area (Å²) >= 11 is 0. The smallest absolute Gasteiger partial charge is 0.328 e. The second-order valence-electron chi connectivity index (χ2n) is 3.86. The molecule has 0 amide bonds. The van der Waals surface area contributed by atoms with Gasteiger partial charge in [-0.25, -0.2) is 4.79 Å². The maximum Gasteiger partial charge on any atom is 0.328 e. The van der Waals surface area contributed by atoms with Gasteiger partial charge >= 0.3 is 11.9 Å². The van der Waals surface area contributed by atoms with Crippen molar-refractivity contribution in [3.8, 4) is 0 Å². The minimum atomic E-state index is -0.954. The molecule has 0 aliphatic carbocycles. The van der Waals surface area contributed by atoms with E-state index in [9.17, 15) is 9.59 Å². The normalized spacial score (nSPS) is 11.8. The van der Waals surface area contributed by atoms with Gasteiger partial charge in [-0.05, 0) is 19.3 Å². The summed E-state index contributed by atoms with van der Waals surface area (Å²) < 4.78 is 0. The molecule has 0 rings (SSSR count). The predicted octanol–water partition coefficient (Wildman–Crippen LogP) is 3.16. The van der Waals surface area contributed by atoms with Gasteiger partial charge in [0.25, 0.3) is 0 Å². The molecule has 0 bridgehead atoms. The summed E-state index contributed by atoms with van der Waals surface area (Å²) in [6.07, 6.45) is 14.9. The number of hydrogen-bond donors (Lipinski definition) is 2. The van der Waals surface area contributed by atoms with Crippen molar-refractivity contribution in [2.24, 2.45) is 0 Å². The summed E-state index contributed by atoms with van der Waals surface area (Å²) in [4.78, 5) is 20.4. The monoisotopic (exact) mass is 252 g/mol. The SMILES string of the molecule is O=C(O)/C=C/C=C/C=C/CCCCCCC(=O)O. The molecule has 0 aromatic carbocycles. The molecule has 0 aliphatic heterocycles. The number of allylic oxidation sites excluding steroid dienone is 5. The van der Waals surface area contributed by atoms with Crippen LogP contribution in [0.1, 0.15) is 38.5 Å². The van der Waals surface area contributed by atoms with Crippen LogP contribution in [0.15, 0.2) is 36.5 Å². The highest BCUT2D eigenvalue weighted by molar-refractivity contribution is 5.80. The van der Waals surface area contributed by atoms with Gasteiger partial charge in [0.05, 0.1) is 0 Å². The summed E-state index contributed by atoms with van der Waals surface area (Å²) in [6.45, 7) is 0. The minimum Gasteiger partial charge on any atom is -0.481 e. The Kier molecular flexibility index (Phi) is 10.4. The molecule has 4 heteroatoms. The van der Waals surface area contributed by atoms with E-state index in [1.807, 2.05) is 12.2 Å². The van der Waals surface area contributed by atoms with Crippen molar-refractivity contribution >= 4 is 11.9 Å². The number of rotatable bonds is 10. The van der Waals surface area contributed by atoms with E-state index in [2.05, 4.69) is 0 Å². The Bertz CT molecular complexity index is 327. The van der Waals surface area contributed by atoms with Gasteiger partial charge in [0.2, 0.25) is 0 Å². The van der Waals surface area contributed by atoms with E-state index >= 15 is 0 Å². The Morgan fingerprint density at radius 1 is 0.833 bits per heavy atom. The molecule has 100 valence electrons. The summed E-state index contributed by atoms with van der Waals surface area (Å²) in [5.41, 5.74) is 0. The van der Waals surface area contributed by atoms with Crippen molar-refractivity contribution in [2.75, 3.05) is 0 Å². The van der Waals surface area contributed by atoms with Crippen LogP contribution in [-0.2, 0) is 9.59 Å². The van der Waals surface area contributed by atoms with E-state index in [4.69, 9.17) is 10.2 Å². The Hall–Kier alpha value is -1.84. The lowest BCUT2D eigenvalue weighted by molar-refractivity contribution is -0.137. The number of carboxylic acid groups (broad SMARTS) is 2. The zero-order valence-corrected chi connectivity index (χ0v) is 10.4. The third-order valence-electron chi connectivity index (χ3n) is 2.22. The number of carboxylic acids is 2. The van der Waals surface area contributed by atoms with Crippen LogP contribution in [0.4, 0.5) is 0 Å². The summed E-state index contributed by atoms with van der Waals surface area (Å²) in [6, 6.07) is 0. The predicted molar refractivity (Wildman–Crippen MR) is 70.4 cm³/mol. The van der Waals surface area contributed by atoms with Gasteiger partial charge in [0, 0.05) is 12.5 Å². The van der Waals surface area contributed by atoms with E-state index in [1.165, 1.54) is 6.08 Å². The zero-order valence-electron chi connectivity index (χ0n) is 10.4. The topological polar surface area (TPSA) is 74.6 Å². The highest BCUT2D eigenvalue weighted by Crippen LogP contribution is 2.05. The highest BCUT2D eigenvalue weighted by Gasteiger charge is 1.95. The van der Waals surface area contributed by atoms with Crippen LogP contribution < -0.4 is 0 Å². The maximum atomic E-state index is 10.2. The number of aliphatic carboxylic acids is 2. The molecule has 0 aliphatic rings. The average Bonchev–Trinajstić information content (AvgIpc) is 2.29. The molecule has 0 saturated heterocycles. The second-order valence-corrected chi connectivity index (χ2v) is 3.86. The first kappa shape index (κ1) is 16.2. The summed E-state index contributed by atoms with van der Waals surface area (Å²) in [5.74, 6) is -1.68. The van der Waals surface area contributed by atoms with Crippen LogP contribution in [0.2, 0.25) is 0 Å². The lowest BCUT2D eigenvalue weighted by atomic mass is 10.1. The average molecular weight is 252 g/mol. The third kappa shape index (κ3) is 14.2. The molecule has 0 aromatic rings. The van der Waals surface area contributed by atoms with Crippen LogP contribution in [-0.4, -0.2) is 22.2 Å². The van der Waals surface area contributed by atoms with Crippen molar-refractivity contribution in [1.82, 2.24) is 0 Å².